The monoisotopic (exact) mass is 258 g/mol. The predicted molar refractivity (Wildman–Crippen MR) is 79.0 cm³/mol. The Labute approximate surface area is 117 Å². The van der Waals surface area contributed by atoms with Gasteiger partial charge in [0, 0.05) is 18.4 Å². The smallest absolute Gasteiger partial charge is 0.0324 e. The normalized spacial score (nSPS) is 30.7. The van der Waals surface area contributed by atoms with E-state index in [1.165, 1.54) is 43.2 Å². The molecule has 2 aliphatic carbocycles. The van der Waals surface area contributed by atoms with E-state index in [2.05, 4.69) is 30.3 Å². The highest BCUT2D eigenvalue weighted by Gasteiger charge is 2.40. The number of rotatable bonds is 5. The lowest BCUT2D eigenvalue weighted by atomic mass is 9.82. The average molecular weight is 258 g/mol. The van der Waals surface area contributed by atoms with Crippen molar-refractivity contribution in [3.05, 3.63) is 29.6 Å². The number of nitrogens with zero attached hydrogens (tertiary/aromatic N) is 1. The first-order chi connectivity index (χ1) is 9.31. The Morgan fingerprint density at radius 2 is 2.26 bits per heavy atom. The van der Waals surface area contributed by atoms with Crippen LogP contribution in [-0.4, -0.2) is 12.0 Å². The summed E-state index contributed by atoms with van der Waals surface area (Å²) in [5, 5.41) is 3.55. The second kappa shape index (κ2) is 5.62. The van der Waals surface area contributed by atoms with Gasteiger partial charge in [0.25, 0.3) is 0 Å². The van der Waals surface area contributed by atoms with Crippen LogP contribution < -0.4 is 5.32 Å². The number of hydrogen-bond acceptors (Lipinski definition) is 2. The Bertz CT molecular complexity index is 429. The summed E-state index contributed by atoms with van der Waals surface area (Å²) in [5.41, 5.74) is 2.88. The molecule has 3 rings (SSSR count). The minimum absolute atomic E-state index is 0.516. The molecule has 0 spiro atoms. The van der Waals surface area contributed by atoms with Gasteiger partial charge in [-0.2, -0.15) is 0 Å². The van der Waals surface area contributed by atoms with Gasteiger partial charge >= 0.3 is 0 Å². The fourth-order valence-corrected chi connectivity index (χ4v) is 4.44. The van der Waals surface area contributed by atoms with Gasteiger partial charge in [-0.1, -0.05) is 13.3 Å². The average Bonchev–Trinajstić information content (AvgIpc) is 3.07. The third-order valence-electron chi connectivity index (χ3n) is 5.47. The van der Waals surface area contributed by atoms with Crippen LogP contribution in [0, 0.1) is 17.8 Å². The van der Waals surface area contributed by atoms with Gasteiger partial charge in [0.05, 0.1) is 0 Å². The van der Waals surface area contributed by atoms with Crippen LogP contribution in [0.25, 0.3) is 0 Å². The minimum atomic E-state index is 0.516. The summed E-state index contributed by atoms with van der Waals surface area (Å²) in [4.78, 5) is 4.28. The molecule has 1 heterocycles. The van der Waals surface area contributed by atoms with Gasteiger partial charge in [0.15, 0.2) is 0 Å². The molecule has 2 fully saturated rings. The van der Waals surface area contributed by atoms with Crippen molar-refractivity contribution in [2.45, 2.75) is 51.5 Å². The molecule has 0 saturated heterocycles. The molecule has 4 unspecified atom stereocenters. The van der Waals surface area contributed by atoms with E-state index in [9.17, 15) is 0 Å². The van der Waals surface area contributed by atoms with E-state index in [0.29, 0.717) is 6.04 Å². The van der Waals surface area contributed by atoms with Crippen LogP contribution in [0.2, 0.25) is 0 Å². The lowest BCUT2D eigenvalue weighted by Crippen LogP contribution is -2.23. The Hall–Kier alpha value is -0.890. The first-order valence-electron chi connectivity index (χ1n) is 7.91. The first kappa shape index (κ1) is 13.1. The second-order valence-electron chi connectivity index (χ2n) is 6.44. The van der Waals surface area contributed by atoms with E-state index in [0.717, 1.165) is 24.2 Å². The third-order valence-corrected chi connectivity index (χ3v) is 5.47. The molecule has 0 radical (unpaired) electrons. The lowest BCUT2D eigenvalue weighted by Gasteiger charge is -2.27. The van der Waals surface area contributed by atoms with Crippen LogP contribution in [0.15, 0.2) is 18.5 Å². The minimum Gasteiger partial charge on any atom is -0.313 e. The molecule has 2 nitrogen and oxygen atoms in total. The molecule has 0 aromatic carbocycles. The molecule has 1 aromatic heterocycles. The molecular formula is C17H26N2. The van der Waals surface area contributed by atoms with Crippen molar-refractivity contribution in [2.75, 3.05) is 7.05 Å². The second-order valence-corrected chi connectivity index (χ2v) is 6.44. The van der Waals surface area contributed by atoms with E-state index < -0.39 is 0 Å². The van der Waals surface area contributed by atoms with E-state index in [4.69, 9.17) is 0 Å². The van der Waals surface area contributed by atoms with Gasteiger partial charge < -0.3 is 5.32 Å². The summed E-state index contributed by atoms with van der Waals surface area (Å²) >= 11 is 0. The number of hydrogen-bond donors (Lipinski definition) is 1. The van der Waals surface area contributed by atoms with Gasteiger partial charge in [-0.05, 0) is 74.1 Å². The summed E-state index contributed by atoms with van der Waals surface area (Å²) < 4.78 is 0. The highest BCUT2D eigenvalue weighted by atomic mass is 14.9. The molecule has 2 saturated carbocycles. The van der Waals surface area contributed by atoms with Crippen molar-refractivity contribution in [1.82, 2.24) is 10.3 Å². The van der Waals surface area contributed by atoms with Gasteiger partial charge in [-0.15, -0.1) is 0 Å². The van der Waals surface area contributed by atoms with Crippen LogP contribution in [-0.2, 0) is 6.42 Å². The Balaban J connectivity index is 1.73. The van der Waals surface area contributed by atoms with Crippen molar-refractivity contribution in [2.24, 2.45) is 17.8 Å². The third kappa shape index (κ3) is 2.55. The topological polar surface area (TPSA) is 24.9 Å². The van der Waals surface area contributed by atoms with Gasteiger partial charge in [-0.3, -0.25) is 4.98 Å². The molecule has 0 amide bonds. The zero-order valence-electron chi connectivity index (χ0n) is 12.2. The maximum absolute atomic E-state index is 4.28. The van der Waals surface area contributed by atoms with Crippen LogP contribution in [0.4, 0.5) is 0 Å². The van der Waals surface area contributed by atoms with E-state index in [1.54, 1.807) is 0 Å². The maximum atomic E-state index is 4.28. The molecule has 2 heteroatoms. The molecule has 0 aliphatic heterocycles. The lowest BCUT2D eigenvalue weighted by molar-refractivity contribution is 0.283. The van der Waals surface area contributed by atoms with E-state index >= 15 is 0 Å². The fraction of sp³-hybridized carbons (Fsp3) is 0.706. The van der Waals surface area contributed by atoms with Crippen LogP contribution in [0.5, 0.6) is 0 Å². The van der Waals surface area contributed by atoms with Crippen molar-refractivity contribution in [3.63, 3.8) is 0 Å². The van der Waals surface area contributed by atoms with Crippen molar-refractivity contribution < 1.29 is 0 Å². The highest BCUT2D eigenvalue weighted by molar-refractivity contribution is 5.27. The zero-order chi connectivity index (χ0) is 13.2. The molecule has 1 N–H and O–H groups in total. The number of fused-ring (bicyclic) bond motifs is 2. The van der Waals surface area contributed by atoms with E-state index in [1.807, 2.05) is 12.4 Å². The number of pyridine rings is 1. The summed E-state index contributed by atoms with van der Waals surface area (Å²) in [6.45, 7) is 2.23. The summed E-state index contributed by atoms with van der Waals surface area (Å²) in [5.74, 6) is 3.03. The Kier molecular flexibility index (Phi) is 3.88. The van der Waals surface area contributed by atoms with Gasteiger partial charge in [0.2, 0.25) is 0 Å². The Morgan fingerprint density at radius 3 is 2.89 bits per heavy atom. The molecular weight excluding hydrogens is 232 g/mol. The van der Waals surface area contributed by atoms with E-state index in [-0.39, 0.29) is 0 Å². The summed E-state index contributed by atoms with van der Waals surface area (Å²) in [6.07, 6.45) is 12.4. The first-order valence-corrected chi connectivity index (χ1v) is 7.91. The summed E-state index contributed by atoms with van der Waals surface area (Å²) in [6, 6.07) is 2.73. The largest absolute Gasteiger partial charge is 0.313 e. The van der Waals surface area contributed by atoms with Crippen molar-refractivity contribution in [3.8, 4) is 0 Å². The van der Waals surface area contributed by atoms with Gasteiger partial charge in [0.1, 0.15) is 0 Å². The quantitative estimate of drug-likeness (QED) is 0.870. The van der Waals surface area contributed by atoms with Crippen LogP contribution >= 0.6 is 0 Å². The number of aryl methyl sites for hydroxylation is 1. The van der Waals surface area contributed by atoms with Gasteiger partial charge in [-0.25, -0.2) is 0 Å². The van der Waals surface area contributed by atoms with Crippen LogP contribution in [0.3, 0.4) is 0 Å². The zero-order valence-corrected chi connectivity index (χ0v) is 12.2. The fourth-order valence-electron chi connectivity index (χ4n) is 4.44. The molecule has 104 valence electrons. The summed E-state index contributed by atoms with van der Waals surface area (Å²) in [7, 11) is 2.11. The molecule has 2 bridgehead atoms. The van der Waals surface area contributed by atoms with Crippen molar-refractivity contribution >= 4 is 0 Å². The molecule has 4 atom stereocenters. The molecule has 2 aliphatic rings. The molecule has 19 heavy (non-hydrogen) atoms. The SMILES string of the molecule is CCc1cnccc1C(CC1CC2CCC1C2)NC. The Morgan fingerprint density at radius 1 is 1.37 bits per heavy atom. The standard InChI is InChI=1S/C17H26N2/c1-3-13-11-19-7-6-16(13)17(18-2)10-15-9-12-4-5-14(15)8-12/h6-7,11-12,14-15,17-18H,3-5,8-10H2,1-2H3. The molecule has 1 aromatic rings. The number of aromatic nitrogens is 1. The number of nitrogens with one attached hydrogen (secondary N) is 1. The van der Waals surface area contributed by atoms with Crippen LogP contribution in [0.1, 0.15) is 56.2 Å². The van der Waals surface area contributed by atoms with Crippen molar-refractivity contribution in [1.29, 1.82) is 0 Å². The maximum Gasteiger partial charge on any atom is 0.0324 e. The highest BCUT2D eigenvalue weighted by Crippen LogP contribution is 2.51. The predicted octanol–water partition coefficient (Wildman–Crippen LogP) is 3.73.